The maximum Gasteiger partial charge on any atom is 0.348 e. The summed E-state index contributed by atoms with van der Waals surface area (Å²) in [5.41, 5.74) is 6.52. The van der Waals surface area contributed by atoms with Crippen LogP contribution in [-0.2, 0) is 20.9 Å². The largest absolute Gasteiger partial charge is 0.462 e. The fourth-order valence-corrected chi connectivity index (χ4v) is 2.99. The number of benzene rings is 1. The van der Waals surface area contributed by atoms with Gasteiger partial charge in [-0.25, -0.2) is 14.0 Å². The highest BCUT2D eigenvalue weighted by Crippen LogP contribution is 2.31. The molecular weight excluding hydrogens is 359 g/mol. The molecule has 134 valence electrons. The Bertz CT molecular complexity index is 899. The van der Waals surface area contributed by atoms with E-state index in [1.165, 1.54) is 24.3 Å². The minimum absolute atomic E-state index is 0.0833. The SMILES string of the molecule is CCOC(=O)c1sc(N)c(C#N)c1COC(=O)C=Cc1cccc(F)c1. The zero-order chi connectivity index (χ0) is 19.1. The second kappa shape index (κ2) is 8.78. The van der Waals surface area contributed by atoms with Crippen molar-refractivity contribution in [3.63, 3.8) is 0 Å². The van der Waals surface area contributed by atoms with Crippen molar-refractivity contribution in [2.24, 2.45) is 0 Å². The second-order valence-corrected chi connectivity index (χ2v) is 6.03. The number of nitrogen functional groups attached to an aromatic ring is 1. The summed E-state index contributed by atoms with van der Waals surface area (Å²) in [6.07, 6.45) is 2.52. The molecule has 0 aliphatic rings. The Labute approximate surface area is 153 Å². The third-order valence-electron chi connectivity index (χ3n) is 3.23. The van der Waals surface area contributed by atoms with Crippen LogP contribution < -0.4 is 5.73 Å². The maximum atomic E-state index is 13.1. The van der Waals surface area contributed by atoms with Gasteiger partial charge in [0.15, 0.2) is 0 Å². The van der Waals surface area contributed by atoms with Crippen LogP contribution in [0.4, 0.5) is 9.39 Å². The molecule has 2 aromatic rings. The van der Waals surface area contributed by atoms with Crippen molar-refractivity contribution < 1.29 is 23.5 Å². The van der Waals surface area contributed by atoms with Gasteiger partial charge in [0.05, 0.1) is 12.2 Å². The highest BCUT2D eigenvalue weighted by molar-refractivity contribution is 7.18. The van der Waals surface area contributed by atoms with Gasteiger partial charge in [-0.2, -0.15) is 5.26 Å². The monoisotopic (exact) mass is 374 g/mol. The average molecular weight is 374 g/mol. The number of nitriles is 1. The molecule has 0 spiro atoms. The molecule has 0 fully saturated rings. The third-order valence-corrected chi connectivity index (χ3v) is 4.27. The van der Waals surface area contributed by atoms with Gasteiger partial charge in [-0.1, -0.05) is 12.1 Å². The molecule has 8 heteroatoms. The van der Waals surface area contributed by atoms with Crippen LogP contribution in [0.3, 0.4) is 0 Å². The number of carbonyl (C=O) groups excluding carboxylic acids is 2. The van der Waals surface area contributed by atoms with Crippen LogP contribution in [0, 0.1) is 17.1 Å². The molecule has 0 atom stereocenters. The fraction of sp³-hybridized carbons (Fsp3) is 0.167. The topological polar surface area (TPSA) is 102 Å². The number of ether oxygens (including phenoxy) is 2. The first-order valence-electron chi connectivity index (χ1n) is 7.55. The number of halogens is 1. The van der Waals surface area contributed by atoms with Crippen LogP contribution in [-0.4, -0.2) is 18.5 Å². The lowest BCUT2D eigenvalue weighted by molar-refractivity contribution is -0.138. The molecule has 0 radical (unpaired) electrons. The third kappa shape index (κ3) is 4.68. The predicted octanol–water partition coefficient (Wildman–Crippen LogP) is 3.27. The number of carbonyl (C=O) groups is 2. The van der Waals surface area contributed by atoms with Gasteiger partial charge < -0.3 is 15.2 Å². The number of esters is 2. The highest BCUT2D eigenvalue weighted by atomic mass is 32.1. The second-order valence-electron chi connectivity index (χ2n) is 4.98. The van der Waals surface area contributed by atoms with Gasteiger partial charge in [-0.15, -0.1) is 11.3 Å². The number of anilines is 1. The number of hydrogen-bond donors (Lipinski definition) is 1. The lowest BCUT2D eigenvalue weighted by atomic mass is 10.1. The van der Waals surface area contributed by atoms with Crippen molar-refractivity contribution in [1.29, 1.82) is 5.26 Å². The first-order chi connectivity index (χ1) is 12.5. The molecule has 0 aliphatic carbocycles. The van der Waals surface area contributed by atoms with E-state index in [-0.39, 0.29) is 34.2 Å². The van der Waals surface area contributed by atoms with E-state index >= 15 is 0 Å². The first-order valence-corrected chi connectivity index (χ1v) is 8.36. The maximum absolute atomic E-state index is 13.1. The van der Waals surface area contributed by atoms with E-state index in [0.717, 1.165) is 17.4 Å². The molecule has 2 rings (SSSR count). The molecule has 1 heterocycles. The molecule has 2 N–H and O–H groups in total. The van der Waals surface area contributed by atoms with Gasteiger partial charge in [0, 0.05) is 11.6 Å². The molecule has 1 aromatic heterocycles. The molecule has 0 bridgehead atoms. The van der Waals surface area contributed by atoms with Crippen molar-refractivity contribution in [1.82, 2.24) is 0 Å². The Kier molecular flexibility index (Phi) is 6.47. The molecule has 1 aromatic carbocycles. The van der Waals surface area contributed by atoms with Crippen LogP contribution in [0.2, 0.25) is 0 Å². The van der Waals surface area contributed by atoms with Gasteiger partial charge in [0.1, 0.15) is 28.4 Å². The van der Waals surface area contributed by atoms with Crippen molar-refractivity contribution >= 4 is 34.4 Å². The summed E-state index contributed by atoms with van der Waals surface area (Å²) in [6, 6.07) is 7.58. The Morgan fingerprint density at radius 2 is 2.15 bits per heavy atom. The van der Waals surface area contributed by atoms with E-state index in [1.807, 2.05) is 6.07 Å². The van der Waals surface area contributed by atoms with E-state index < -0.39 is 17.8 Å². The molecule has 26 heavy (non-hydrogen) atoms. The number of nitrogens with two attached hydrogens (primary N) is 1. The average Bonchev–Trinajstić information content (AvgIpc) is 2.94. The summed E-state index contributed by atoms with van der Waals surface area (Å²) in [4.78, 5) is 24.0. The summed E-state index contributed by atoms with van der Waals surface area (Å²) < 4.78 is 23.1. The molecule has 0 amide bonds. The minimum Gasteiger partial charge on any atom is -0.462 e. The molecule has 0 unspecified atom stereocenters. The highest BCUT2D eigenvalue weighted by Gasteiger charge is 2.23. The van der Waals surface area contributed by atoms with Gasteiger partial charge in [0.25, 0.3) is 0 Å². The summed E-state index contributed by atoms with van der Waals surface area (Å²) in [5.74, 6) is -1.77. The van der Waals surface area contributed by atoms with Crippen LogP contribution in [0.1, 0.15) is 33.3 Å². The Morgan fingerprint density at radius 1 is 1.38 bits per heavy atom. The van der Waals surface area contributed by atoms with Crippen molar-refractivity contribution in [2.45, 2.75) is 13.5 Å². The minimum atomic E-state index is -0.710. The van der Waals surface area contributed by atoms with Gasteiger partial charge in [-0.05, 0) is 30.7 Å². The van der Waals surface area contributed by atoms with Gasteiger partial charge in [-0.3, -0.25) is 0 Å². The lowest BCUT2D eigenvalue weighted by Gasteiger charge is -2.05. The quantitative estimate of drug-likeness (QED) is 0.615. The van der Waals surface area contributed by atoms with E-state index in [9.17, 15) is 19.2 Å². The summed E-state index contributed by atoms with van der Waals surface area (Å²) in [7, 11) is 0. The van der Waals surface area contributed by atoms with E-state index in [4.69, 9.17) is 15.2 Å². The van der Waals surface area contributed by atoms with E-state index in [2.05, 4.69) is 0 Å². The Morgan fingerprint density at radius 3 is 2.81 bits per heavy atom. The summed E-state index contributed by atoms with van der Waals surface area (Å²) in [6.45, 7) is 1.50. The zero-order valence-electron chi connectivity index (χ0n) is 13.8. The Balaban J connectivity index is 2.12. The lowest BCUT2D eigenvalue weighted by Crippen LogP contribution is -2.08. The van der Waals surface area contributed by atoms with E-state index in [1.54, 1.807) is 13.0 Å². The number of thiophene rings is 1. The van der Waals surface area contributed by atoms with Crippen LogP contribution in [0.15, 0.2) is 30.3 Å². The predicted molar refractivity (Wildman–Crippen MR) is 94.6 cm³/mol. The van der Waals surface area contributed by atoms with Crippen molar-refractivity contribution in [3.8, 4) is 6.07 Å². The first kappa shape index (κ1) is 19.1. The van der Waals surface area contributed by atoms with Crippen molar-refractivity contribution in [3.05, 3.63) is 57.7 Å². The molecule has 0 aliphatic heterocycles. The Hall–Kier alpha value is -3.18. The normalized spacial score (nSPS) is 10.5. The van der Waals surface area contributed by atoms with Crippen LogP contribution in [0.5, 0.6) is 0 Å². The van der Waals surface area contributed by atoms with Crippen LogP contribution >= 0.6 is 11.3 Å². The fourth-order valence-electron chi connectivity index (χ4n) is 2.07. The smallest absolute Gasteiger partial charge is 0.348 e. The summed E-state index contributed by atoms with van der Waals surface area (Å²) >= 11 is 0.907. The van der Waals surface area contributed by atoms with Crippen LogP contribution in [0.25, 0.3) is 6.08 Å². The standard InChI is InChI=1S/C18H15FN2O4S/c1-2-24-18(23)16-14(13(9-20)17(21)26-16)10-25-15(22)7-6-11-4-3-5-12(19)8-11/h3-8H,2,10,21H2,1H3. The summed E-state index contributed by atoms with van der Waals surface area (Å²) in [5, 5.41) is 9.35. The molecule has 0 saturated carbocycles. The molecule has 0 saturated heterocycles. The van der Waals surface area contributed by atoms with E-state index in [0.29, 0.717) is 5.56 Å². The van der Waals surface area contributed by atoms with Gasteiger partial charge in [0.2, 0.25) is 0 Å². The molecular formula is C18H15FN2O4S. The number of nitrogens with zero attached hydrogens (tertiary/aromatic N) is 1. The number of rotatable bonds is 6. The zero-order valence-corrected chi connectivity index (χ0v) is 14.6. The van der Waals surface area contributed by atoms with Gasteiger partial charge >= 0.3 is 11.9 Å². The number of hydrogen-bond acceptors (Lipinski definition) is 7. The molecule has 6 nitrogen and oxygen atoms in total. The van der Waals surface area contributed by atoms with Crippen molar-refractivity contribution in [2.75, 3.05) is 12.3 Å².